The van der Waals surface area contributed by atoms with Crippen LogP contribution in [-0.4, -0.2) is 19.0 Å². The van der Waals surface area contributed by atoms with Crippen molar-refractivity contribution in [1.82, 2.24) is 10.6 Å². The van der Waals surface area contributed by atoms with E-state index in [1.165, 1.54) is 31.0 Å². The van der Waals surface area contributed by atoms with Crippen molar-refractivity contribution >= 4 is 18.3 Å². The normalized spacial score (nSPS) is 15.3. The molecule has 0 radical (unpaired) electrons. The van der Waals surface area contributed by atoms with Crippen LogP contribution in [0.3, 0.4) is 0 Å². The fraction of sp³-hybridized carbons (Fsp3) is 0.500. The SMILES string of the molecule is CC(NC(=O)CNCC1CC1)c1c(F)cccc1F.Cl. The molecular formula is C14H19ClF2N2O. The van der Waals surface area contributed by atoms with Crippen molar-refractivity contribution in [2.45, 2.75) is 25.8 Å². The Morgan fingerprint density at radius 1 is 1.35 bits per heavy atom. The molecule has 0 aromatic heterocycles. The molecule has 0 saturated heterocycles. The molecule has 1 atom stereocenters. The highest BCUT2D eigenvalue weighted by Gasteiger charge is 2.21. The van der Waals surface area contributed by atoms with Crippen molar-refractivity contribution in [2.75, 3.05) is 13.1 Å². The Labute approximate surface area is 123 Å². The van der Waals surface area contributed by atoms with E-state index in [0.29, 0.717) is 5.92 Å². The summed E-state index contributed by atoms with van der Waals surface area (Å²) in [6, 6.07) is 3.00. The predicted octanol–water partition coefficient (Wildman–Crippen LogP) is 2.56. The van der Waals surface area contributed by atoms with Gasteiger partial charge in [-0.15, -0.1) is 12.4 Å². The van der Waals surface area contributed by atoms with Crippen LogP contribution in [0.4, 0.5) is 8.78 Å². The third-order valence-electron chi connectivity index (χ3n) is 3.23. The Morgan fingerprint density at radius 2 is 1.95 bits per heavy atom. The molecule has 3 nitrogen and oxygen atoms in total. The van der Waals surface area contributed by atoms with Crippen LogP contribution in [0.15, 0.2) is 18.2 Å². The summed E-state index contributed by atoms with van der Waals surface area (Å²) >= 11 is 0. The molecule has 2 N–H and O–H groups in total. The van der Waals surface area contributed by atoms with E-state index in [4.69, 9.17) is 0 Å². The summed E-state index contributed by atoms with van der Waals surface area (Å²) < 4.78 is 27.0. The van der Waals surface area contributed by atoms with Gasteiger partial charge in [0.1, 0.15) is 11.6 Å². The van der Waals surface area contributed by atoms with Gasteiger partial charge in [-0.05, 0) is 44.4 Å². The second kappa shape index (κ2) is 7.55. The molecule has 112 valence electrons. The number of benzene rings is 1. The molecule has 0 heterocycles. The Balaban J connectivity index is 0.00000200. The number of nitrogens with one attached hydrogen (secondary N) is 2. The highest BCUT2D eigenvalue weighted by atomic mass is 35.5. The summed E-state index contributed by atoms with van der Waals surface area (Å²) in [6.07, 6.45) is 2.43. The maximum Gasteiger partial charge on any atom is 0.234 e. The summed E-state index contributed by atoms with van der Waals surface area (Å²) in [5, 5.41) is 5.62. The van der Waals surface area contributed by atoms with Gasteiger partial charge in [0, 0.05) is 5.56 Å². The van der Waals surface area contributed by atoms with Gasteiger partial charge in [-0.3, -0.25) is 4.79 Å². The summed E-state index contributed by atoms with van der Waals surface area (Å²) in [5.41, 5.74) is -0.0990. The van der Waals surface area contributed by atoms with Crippen molar-refractivity contribution in [1.29, 1.82) is 0 Å². The fourth-order valence-electron chi connectivity index (χ4n) is 2.00. The average Bonchev–Trinajstić information content (AvgIpc) is 3.12. The molecule has 1 aliphatic rings. The Kier molecular flexibility index (Phi) is 6.36. The van der Waals surface area contributed by atoms with Gasteiger partial charge in [-0.25, -0.2) is 8.78 Å². The number of hydrogen-bond donors (Lipinski definition) is 2. The quantitative estimate of drug-likeness (QED) is 0.848. The molecule has 1 aliphatic carbocycles. The highest BCUT2D eigenvalue weighted by molar-refractivity contribution is 5.85. The number of halogens is 3. The first-order valence-corrected chi connectivity index (χ1v) is 6.52. The maximum atomic E-state index is 13.5. The molecule has 1 unspecified atom stereocenters. The molecule has 6 heteroatoms. The highest BCUT2D eigenvalue weighted by Crippen LogP contribution is 2.27. The molecule has 1 amide bonds. The van der Waals surface area contributed by atoms with E-state index >= 15 is 0 Å². The minimum Gasteiger partial charge on any atom is -0.348 e. The van der Waals surface area contributed by atoms with Crippen molar-refractivity contribution in [3.05, 3.63) is 35.4 Å². The monoisotopic (exact) mass is 304 g/mol. The second-order valence-electron chi connectivity index (χ2n) is 5.00. The largest absolute Gasteiger partial charge is 0.348 e. The van der Waals surface area contributed by atoms with Crippen LogP contribution < -0.4 is 10.6 Å². The lowest BCUT2D eigenvalue weighted by molar-refractivity contribution is -0.120. The van der Waals surface area contributed by atoms with E-state index in [2.05, 4.69) is 10.6 Å². The van der Waals surface area contributed by atoms with Gasteiger partial charge in [-0.1, -0.05) is 6.07 Å². The fourth-order valence-corrected chi connectivity index (χ4v) is 2.00. The maximum absolute atomic E-state index is 13.5. The van der Waals surface area contributed by atoms with Gasteiger partial charge in [-0.2, -0.15) is 0 Å². The number of carbonyl (C=O) groups excluding carboxylic acids is 1. The number of amides is 1. The standard InChI is InChI=1S/C14H18F2N2O.ClH/c1-9(14-11(15)3-2-4-12(14)16)18-13(19)8-17-7-10-5-6-10;/h2-4,9-10,17H,5-8H2,1H3,(H,18,19);1H. The first kappa shape index (κ1) is 16.9. The Bertz CT molecular complexity index is 446. The van der Waals surface area contributed by atoms with Gasteiger partial charge in [0.25, 0.3) is 0 Å². The smallest absolute Gasteiger partial charge is 0.234 e. The van der Waals surface area contributed by atoms with Gasteiger partial charge < -0.3 is 10.6 Å². The van der Waals surface area contributed by atoms with Crippen LogP contribution >= 0.6 is 12.4 Å². The zero-order valence-electron chi connectivity index (χ0n) is 11.3. The van der Waals surface area contributed by atoms with Gasteiger partial charge in [0.2, 0.25) is 5.91 Å². The molecule has 1 aromatic rings. The summed E-state index contributed by atoms with van der Waals surface area (Å²) in [5.74, 6) is -0.845. The van der Waals surface area contributed by atoms with Crippen LogP contribution in [0.2, 0.25) is 0 Å². The van der Waals surface area contributed by atoms with E-state index in [-0.39, 0.29) is 30.4 Å². The van der Waals surface area contributed by atoms with E-state index in [1.54, 1.807) is 6.92 Å². The van der Waals surface area contributed by atoms with Gasteiger partial charge in [0.05, 0.1) is 12.6 Å². The van der Waals surface area contributed by atoms with Gasteiger partial charge >= 0.3 is 0 Å². The molecule has 0 spiro atoms. The molecule has 1 fully saturated rings. The first-order chi connectivity index (χ1) is 9.08. The lowest BCUT2D eigenvalue weighted by atomic mass is 10.1. The predicted molar refractivity (Wildman–Crippen MR) is 75.8 cm³/mol. The van der Waals surface area contributed by atoms with Crippen LogP contribution in [0.5, 0.6) is 0 Å². The molecule has 20 heavy (non-hydrogen) atoms. The van der Waals surface area contributed by atoms with Crippen molar-refractivity contribution in [2.24, 2.45) is 5.92 Å². The number of hydrogen-bond acceptors (Lipinski definition) is 2. The van der Waals surface area contributed by atoms with E-state index in [0.717, 1.165) is 6.54 Å². The number of carbonyl (C=O) groups is 1. The minimum absolute atomic E-state index is 0. The minimum atomic E-state index is -0.684. The van der Waals surface area contributed by atoms with Crippen LogP contribution in [-0.2, 0) is 4.79 Å². The number of rotatable bonds is 6. The summed E-state index contributed by atoms with van der Waals surface area (Å²) in [6.45, 7) is 2.58. The zero-order chi connectivity index (χ0) is 13.8. The van der Waals surface area contributed by atoms with Crippen molar-refractivity contribution in [3.63, 3.8) is 0 Å². The molecule has 1 saturated carbocycles. The summed E-state index contributed by atoms with van der Waals surface area (Å²) in [7, 11) is 0. The molecule has 2 rings (SSSR count). The Hall–Kier alpha value is -1.20. The second-order valence-corrected chi connectivity index (χ2v) is 5.00. The zero-order valence-corrected chi connectivity index (χ0v) is 12.1. The lowest BCUT2D eigenvalue weighted by Crippen LogP contribution is -2.36. The van der Waals surface area contributed by atoms with Crippen LogP contribution in [0, 0.1) is 17.6 Å². The average molecular weight is 305 g/mol. The third-order valence-corrected chi connectivity index (χ3v) is 3.23. The molecule has 0 aliphatic heterocycles. The first-order valence-electron chi connectivity index (χ1n) is 6.52. The Morgan fingerprint density at radius 3 is 2.50 bits per heavy atom. The van der Waals surface area contributed by atoms with Crippen LogP contribution in [0.25, 0.3) is 0 Å². The van der Waals surface area contributed by atoms with E-state index < -0.39 is 17.7 Å². The third kappa shape index (κ3) is 4.72. The van der Waals surface area contributed by atoms with Gasteiger partial charge in [0.15, 0.2) is 0 Å². The topological polar surface area (TPSA) is 41.1 Å². The van der Waals surface area contributed by atoms with E-state index in [9.17, 15) is 13.6 Å². The molecule has 1 aromatic carbocycles. The van der Waals surface area contributed by atoms with Crippen LogP contribution in [0.1, 0.15) is 31.4 Å². The summed E-state index contributed by atoms with van der Waals surface area (Å²) in [4.78, 5) is 11.6. The molecular weight excluding hydrogens is 286 g/mol. The van der Waals surface area contributed by atoms with Crippen molar-refractivity contribution < 1.29 is 13.6 Å². The van der Waals surface area contributed by atoms with E-state index in [1.807, 2.05) is 0 Å². The lowest BCUT2D eigenvalue weighted by Gasteiger charge is -2.16. The molecule has 0 bridgehead atoms. The van der Waals surface area contributed by atoms with Crippen molar-refractivity contribution in [3.8, 4) is 0 Å².